The van der Waals surface area contributed by atoms with E-state index in [-0.39, 0.29) is 91.2 Å². The SMILES string of the molecule is F[C-](F)CCCCCCCCCC(F)(F)F.O=S(=O)([O-])C(F)(F)C(F)CCCCCCCCC(F)(F)F.[Na+].[Na+]. The average molecular weight is 635 g/mol. The van der Waals surface area contributed by atoms with Gasteiger partial charge in [-0.3, -0.25) is 0 Å². The Labute approximate surface area is 268 Å². The third-order valence-corrected chi connectivity index (χ3v) is 6.11. The van der Waals surface area contributed by atoms with Gasteiger partial charge in [0.25, 0.3) is 0 Å². The molecule has 1 atom stereocenters. The largest absolute Gasteiger partial charge is 1.00 e. The molecule has 1 unspecified atom stereocenters. The fraction of sp³-hybridized carbons (Fsp3) is 0.955. The monoisotopic (exact) mass is 634 g/mol. The minimum absolute atomic E-state index is 0. The van der Waals surface area contributed by atoms with Crippen LogP contribution in [0.2, 0.25) is 0 Å². The maximum Gasteiger partial charge on any atom is 1.00 e. The molecule has 3 nitrogen and oxygen atoms in total. The van der Waals surface area contributed by atoms with Crippen LogP contribution in [0.25, 0.3) is 0 Å². The van der Waals surface area contributed by atoms with E-state index in [9.17, 15) is 61.3 Å². The quantitative estimate of drug-likeness (QED) is 0.0718. The van der Waals surface area contributed by atoms with E-state index in [1.54, 1.807) is 0 Å². The summed E-state index contributed by atoms with van der Waals surface area (Å²) in [6.45, 7) is 0. The molecule has 0 aromatic carbocycles. The van der Waals surface area contributed by atoms with Crippen molar-refractivity contribution in [3.05, 3.63) is 6.43 Å². The summed E-state index contributed by atoms with van der Waals surface area (Å²) < 4.78 is 163. The van der Waals surface area contributed by atoms with Gasteiger partial charge in [-0.1, -0.05) is 70.6 Å². The Morgan fingerprint density at radius 1 is 0.590 bits per heavy atom. The van der Waals surface area contributed by atoms with Crippen LogP contribution >= 0.6 is 0 Å². The number of alkyl halides is 9. The van der Waals surface area contributed by atoms with Crippen molar-refractivity contribution in [2.45, 2.75) is 133 Å². The minimum atomic E-state index is -6.04. The van der Waals surface area contributed by atoms with E-state index >= 15 is 0 Å². The molecule has 226 valence electrons. The van der Waals surface area contributed by atoms with Gasteiger partial charge in [-0.25, -0.2) is 12.8 Å². The van der Waals surface area contributed by atoms with Crippen LogP contribution in [0.3, 0.4) is 0 Å². The molecule has 0 saturated carbocycles. The summed E-state index contributed by atoms with van der Waals surface area (Å²) in [5.41, 5.74) is 0. The van der Waals surface area contributed by atoms with Crippen LogP contribution in [0.5, 0.6) is 0 Å². The molecule has 0 bridgehead atoms. The second kappa shape index (κ2) is 24.6. The third kappa shape index (κ3) is 31.9. The van der Waals surface area contributed by atoms with Gasteiger partial charge in [-0.15, -0.1) is 6.42 Å². The number of hydrogen-bond acceptors (Lipinski definition) is 3. The van der Waals surface area contributed by atoms with Gasteiger partial charge in [-0.2, -0.15) is 35.1 Å². The molecule has 0 N–H and O–H groups in total. The third-order valence-electron chi connectivity index (χ3n) is 5.19. The first-order valence-corrected chi connectivity index (χ1v) is 13.5. The van der Waals surface area contributed by atoms with E-state index in [2.05, 4.69) is 0 Å². The van der Waals surface area contributed by atoms with Crippen molar-refractivity contribution in [1.82, 2.24) is 0 Å². The maximum absolute atomic E-state index is 13.0. The second-order valence-electron chi connectivity index (χ2n) is 8.69. The van der Waals surface area contributed by atoms with Gasteiger partial charge >= 0.3 is 76.7 Å². The van der Waals surface area contributed by atoms with Crippen molar-refractivity contribution >= 4 is 10.1 Å². The van der Waals surface area contributed by atoms with Crippen molar-refractivity contribution in [1.29, 1.82) is 0 Å². The number of halogens is 11. The molecule has 0 aromatic heterocycles. The molecule has 0 spiro atoms. The summed E-state index contributed by atoms with van der Waals surface area (Å²) in [7, 11) is -6.04. The van der Waals surface area contributed by atoms with Gasteiger partial charge in [0.1, 0.15) is 0 Å². The van der Waals surface area contributed by atoms with Gasteiger partial charge < -0.3 is 13.3 Å². The molecule has 39 heavy (non-hydrogen) atoms. The zero-order valence-corrected chi connectivity index (χ0v) is 27.2. The van der Waals surface area contributed by atoms with E-state index in [4.69, 9.17) is 0 Å². The summed E-state index contributed by atoms with van der Waals surface area (Å²) in [6.07, 6.45) is -9.58. The van der Waals surface area contributed by atoms with Crippen LogP contribution in [-0.2, 0) is 10.1 Å². The normalized spacial score (nSPS) is 13.3. The van der Waals surface area contributed by atoms with Crippen molar-refractivity contribution in [3.63, 3.8) is 0 Å². The molecule has 17 heteroatoms. The summed E-state index contributed by atoms with van der Waals surface area (Å²) in [5.74, 6) is 0. The van der Waals surface area contributed by atoms with Crippen LogP contribution < -0.4 is 59.1 Å². The van der Waals surface area contributed by atoms with E-state index in [1.807, 2.05) is 0 Å². The fourth-order valence-electron chi connectivity index (χ4n) is 3.15. The Hall–Kier alpha value is 1.14. The molecule has 0 rings (SSSR count). The minimum Gasteiger partial charge on any atom is -0.743 e. The standard InChI is InChI=1S/C11H18F6O3S.C11H18F5.2Na/c12-9(11(16,17)21(18,19)20)7-5-3-1-2-4-6-8-10(13,14)15;12-10(13)8-6-4-2-1-3-5-7-9-11(14,15)16;;/h9H,1-8H2,(H,18,19,20);1-9H2;;/q;-1;2*+1/p-1. The predicted octanol–water partition coefficient (Wildman–Crippen LogP) is 3.64. The van der Waals surface area contributed by atoms with Gasteiger partial charge in [0.2, 0.25) is 0 Å². The number of hydrogen-bond donors (Lipinski definition) is 0. The van der Waals surface area contributed by atoms with Crippen LogP contribution in [0.1, 0.15) is 109 Å². The van der Waals surface area contributed by atoms with Crippen molar-refractivity contribution in [2.24, 2.45) is 0 Å². The molecule has 0 saturated heterocycles. The number of rotatable bonds is 19. The Bertz CT molecular complexity index is 663. The van der Waals surface area contributed by atoms with E-state index < -0.39 is 59.6 Å². The predicted molar refractivity (Wildman–Crippen MR) is 116 cm³/mol. The van der Waals surface area contributed by atoms with Gasteiger partial charge in [-0.05, 0) is 19.3 Å². The molecule has 0 radical (unpaired) electrons. The van der Waals surface area contributed by atoms with Crippen molar-refractivity contribution in [2.75, 3.05) is 0 Å². The first-order chi connectivity index (χ1) is 16.8. The van der Waals surface area contributed by atoms with E-state index in [1.165, 1.54) is 0 Å². The number of unbranched alkanes of at least 4 members (excludes halogenated alkanes) is 11. The molecule has 0 aromatic rings. The topological polar surface area (TPSA) is 57.2 Å². The van der Waals surface area contributed by atoms with Gasteiger partial charge in [0.15, 0.2) is 16.3 Å². The van der Waals surface area contributed by atoms with Gasteiger partial charge in [0.05, 0.1) is 0 Å². The summed E-state index contributed by atoms with van der Waals surface area (Å²) >= 11 is 0. The first kappa shape index (κ1) is 47.1. The van der Waals surface area contributed by atoms with Crippen molar-refractivity contribution in [3.8, 4) is 0 Å². The first-order valence-electron chi connectivity index (χ1n) is 12.1. The maximum atomic E-state index is 13.0. The fourth-order valence-corrected chi connectivity index (χ4v) is 3.58. The molecular weight excluding hydrogens is 599 g/mol. The summed E-state index contributed by atoms with van der Waals surface area (Å²) in [4.78, 5) is 0. The zero-order chi connectivity index (χ0) is 29.2. The van der Waals surface area contributed by atoms with E-state index in [0.717, 1.165) is 25.7 Å². The molecule has 0 aliphatic heterocycles. The Morgan fingerprint density at radius 3 is 1.21 bits per heavy atom. The summed E-state index contributed by atoms with van der Waals surface area (Å²) in [6, 6.07) is 0. The Kier molecular flexibility index (Phi) is 29.7. The second-order valence-corrected chi connectivity index (χ2v) is 10.1. The molecule has 0 heterocycles. The van der Waals surface area contributed by atoms with Gasteiger partial charge in [0, 0.05) is 19.3 Å². The van der Waals surface area contributed by atoms with Crippen LogP contribution in [0.4, 0.5) is 48.3 Å². The Balaban J connectivity index is -0.000000309. The van der Waals surface area contributed by atoms with Crippen molar-refractivity contribution < 1.29 is 120 Å². The molecule has 0 aliphatic carbocycles. The van der Waals surface area contributed by atoms with Crippen LogP contribution in [-0.4, -0.2) is 36.7 Å². The molecular formula is C22H35F11Na2O3S. The Morgan fingerprint density at radius 2 is 0.897 bits per heavy atom. The van der Waals surface area contributed by atoms with Crippen LogP contribution in [0.15, 0.2) is 0 Å². The zero-order valence-electron chi connectivity index (χ0n) is 22.4. The molecule has 0 aliphatic rings. The molecule has 0 fully saturated rings. The smallest absolute Gasteiger partial charge is 0.743 e. The summed E-state index contributed by atoms with van der Waals surface area (Å²) in [5, 5.41) is -4.94. The van der Waals surface area contributed by atoms with E-state index in [0.29, 0.717) is 32.1 Å². The molecule has 0 amide bonds. The average Bonchev–Trinajstić information content (AvgIpc) is 2.72. The van der Waals surface area contributed by atoms with Crippen LogP contribution in [0, 0.1) is 6.43 Å².